The first-order valence-corrected chi connectivity index (χ1v) is 5.03. The zero-order valence-corrected chi connectivity index (χ0v) is 8.84. The largest absolute Gasteiger partial charge is 0.378 e. The molecule has 1 saturated heterocycles. The Hall–Kier alpha value is -1.01. The Labute approximate surface area is 85.1 Å². The molecule has 0 aromatic carbocycles. The van der Waals surface area contributed by atoms with Crippen molar-refractivity contribution in [2.45, 2.75) is 38.7 Å². The second-order valence-corrected chi connectivity index (χ2v) is 4.16. The fourth-order valence-electron chi connectivity index (χ4n) is 1.38. The highest BCUT2D eigenvalue weighted by atomic mass is 16.3. The third-order valence-electron chi connectivity index (χ3n) is 2.12. The van der Waals surface area contributed by atoms with Gasteiger partial charge in [-0.1, -0.05) is 5.92 Å². The molecule has 78 valence electrons. The topological polar surface area (TPSA) is 40.5 Å². The van der Waals surface area contributed by atoms with Crippen LogP contribution in [0, 0.1) is 11.8 Å². The first kappa shape index (κ1) is 11.1. The van der Waals surface area contributed by atoms with Crippen molar-refractivity contribution in [1.82, 2.24) is 4.90 Å². The molecule has 0 aromatic rings. The summed E-state index contributed by atoms with van der Waals surface area (Å²) in [6.07, 6.45) is 3.33. The van der Waals surface area contributed by atoms with Crippen LogP contribution in [0.25, 0.3) is 0 Å². The van der Waals surface area contributed by atoms with Gasteiger partial charge >= 0.3 is 0 Å². The van der Waals surface area contributed by atoms with Gasteiger partial charge in [-0.3, -0.25) is 4.79 Å². The minimum atomic E-state index is -1.08. The number of amides is 1. The predicted octanol–water partition coefficient (Wildman–Crippen LogP) is 0.773. The smallest absolute Gasteiger partial charge is 0.298 e. The Morgan fingerprint density at radius 1 is 1.29 bits per heavy atom. The molecule has 0 radical (unpaired) electrons. The van der Waals surface area contributed by atoms with Crippen LogP contribution in [-0.2, 0) is 4.79 Å². The Morgan fingerprint density at radius 3 is 2.36 bits per heavy atom. The van der Waals surface area contributed by atoms with E-state index in [1.807, 2.05) is 0 Å². The molecule has 1 rings (SSSR count). The zero-order chi connectivity index (χ0) is 10.6. The first-order chi connectivity index (χ1) is 6.49. The lowest BCUT2D eigenvalue weighted by molar-refractivity contribution is -0.125. The zero-order valence-electron chi connectivity index (χ0n) is 8.84. The molecule has 0 bridgehead atoms. The van der Waals surface area contributed by atoms with E-state index < -0.39 is 5.60 Å². The standard InChI is InChI=1S/C11H17NO2/c1-11(2,14)7-6-10(13)12-8-4-3-5-9-12/h14H,3-5,8-9H2,1-2H3. The Bertz CT molecular complexity index is 261. The molecule has 1 amide bonds. The van der Waals surface area contributed by atoms with Crippen molar-refractivity contribution in [3.05, 3.63) is 0 Å². The summed E-state index contributed by atoms with van der Waals surface area (Å²) in [7, 11) is 0. The molecule has 3 heteroatoms. The van der Waals surface area contributed by atoms with Gasteiger partial charge in [0.2, 0.25) is 0 Å². The first-order valence-electron chi connectivity index (χ1n) is 5.03. The van der Waals surface area contributed by atoms with Crippen molar-refractivity contribution < 1.29 is 9.90 Å². The summed E-state index contributed by atoms with van der Waals surface area (Å²) in [5.74, 6) is 4.85. The van der Waals surface area contributed by atoms with E-state index in [0.717, 1.165) is 25.9 Å². The maximum atomic E-state index is 11.5. The number of hydrogen-bond acceptors (Lipinski definition) is 2. The second-order valence-electron chi connectivity index (χ2n) is 4.16. The molecule has 0 spiro atoms. The van der Waals surface area contributed by atoms with E-state index in [2.05, 4.69) is 11.8 Å². The number of carbonyl (C=O) groups is 1. The number of nitrogens with zero attached hydrogens (tertiary/aromatic N) is 1. The molecule has 1 N–H and O–H groups in total. The summed E-state index contributed by atoms with van der Waals surface area (Å²) in [6, 6.07) is 0. The predicted molar refractivity (Wildman–Crippen MR) is 54.5 cm³/mol. The number of hydrogen-bond donors (Lipinski definition) is 1. The SMILES string of the molecule is CC(C)(O)C#CC(=O)N1CCCCC1. The number of likely N-dealkylation sites (tertiary alicyclic amines) is 1. The van der Waals surface area contributed by atoms with Gasteiger partial charge in [-0.2, -0.15) is 0 Å². The van der Waals surface area contributed by atoms with Crippen molar-refractivity contribution in [2.24, 2.45) is 0 Å². The molecule has 3 nitrogen and oxygen atoms in total. The highest BCUT2D eigenvalue weighted by molar-refractivity contribution is 5.93. The third-order valence-corrected chi connectivity index (χ3v) is 2.12. The molecule has 0 unspecified atom stereocenters. The summed E-state index contributed by atoms with van der Waals surface area (Å²) < 4.78 is 0. The van der Waals surface area contributed by atoms with Gasteiger partial charge in [0.05, 0.1) is 0 Å². The Kier molecular flexibility index (Phi) is 3.54. The summed E-state index contributed by atoms with van der Waals surface area (Å²) in [4.78, 5) is 13.2. The molecule has 1 aliphatic rings. The molecule has 0 saturated carbocycles. The van der Waals surface area contributed by atoms with Gasteiger partial charge in [0, 0.05) is 13.1 Å². The van der Waals surface area contributed by atoms with Gasteiger partial charge in [-0.15, -0.1) is 0 Å². The number of piperidine rings is 1. The number of carbonyl (C=O) groups excluding carboxylic acids is 1. The molecule has 0 atom stereocenters. The lowest BCUT2D eigenvalue weighted by atomic mass is 10.1. The van der Waals surface area contributed by atoms with Crippen molar-refractivity contribution >= 4 is 5.91 Å². The van der Waals surface area contributed by atoms with Crippen LogP contribution in [0.15, 0.2) is 0 Å². The van der Waals surface area contributed by atoms with E-state index in [9.17, 15) is 9.90 Å². The van der Waals surface area contributed by atoms with Crippen molar-refractivity contribution in [2.75, 3.05) is 13.1 Å². The van der Waals surface area contributed by atoms with Gasteiger partial charge in [-0.25, -0.2) is 0 Å². The summed E-state index contributed by atoms with van der Waals surface area (Å²) >= 11 is 0. The average molecular weight is 195 g/mol. The van der Waals surface area contributed by atoms with E-state index >= 15 is 0 Å². The van der Waals surface area contributed by atoms with Gasteiger partial charge in [0.15, 0.2) is 0 Å². The molecule has 0 aliphatic carbocycles. The summed E-state index contributed by atoms with van der Waals surface area (Å²) in [5, 5.41) is 9.32. The normalized spacial score (nSPS) is 17.2. The Morgan fingerprint density at radius 2 is 1.86 bits per heavy atom. The van der Waals surface area contributed by atoms with Crippen LogP contribution in [0.1, 0.15) is 33.1 Å². The summed E-state index contributed by atoms with van der Waals surface area (Å²) in [5.41, 5.74) is -1.08. The van der Waals surface area contributed by atoms with E-state index in [1.54, 1.807) is 18.7 Å². The van der Waals surface area contributed by atoms with E-state index in [4.69, 9.17) is 0 Å². The minimum absolute atomic E-state index is 0.160. The number of rotatable bonds is 0. The second kappa shape index (κ2) is 4.47. The minimum Gasteiger partial charge on any atom is -0.378 e. The lowest BCUT2D eigenvalue weighted by Crippen LogP contribution is -2.35. The van der Waals surface area contributed by atoms with Crippen molar-refractivity contribution in [3.63, 3.8) is 0 Å². The molecule has 1 heterocycles. The highest BCUT2D eigenvalue weighted by Gasteiger charge is 2.15. The lowest BCUT2D eigenvalue weighted by Gasteiger charge is -2.24. The maximum Gasteiger partial charge on any atom is 0.298 e. The van der Waals surface area contributed by atoms with Crippen molar-refractivity contribution in [3.8, 4) is 11.8 Å². The number of aliphatic hydroxyl groups is 1. The highest BCUT2D eigenvalue weighted by Crippen LogP contribution is 2.08. The molecule has 1 aliphatic heterocycles. The molecule has 1 fully saturated rings. The van der Waals surface area contributed by atoms with Crippen LogP contribution in [-0.4, -0.2) is 34.6 Å². The van der Waals surface area contributed by atoms with Gasteiger partial charge in [-0.05, 0) is 39.0 Å². The van der Waals surface area contributed by atoms with Gasteiger partial charge in [0.1, 0.15) is 5.60 Å². The van der Waals surface area contributed by atoms with Crippen LogP contribution >= 0.6 is 0 Å². The van der Waals surface area contributed by atoms with Gasteiger partial charge < -0.3 is 10.0 Å². The Balaban J connectivity index is 2.51. The molecule has 0 aromatic heterocycles. The van der Waals surface area contributed by atoms with Crippen LogP contribution in [0.5, 0.6) is 0 Å². The van der Waals surface area contributed by atoms with Crippen LogP contribution in [0.3, 0.4) is 0 Å². The molecule has 14 heavy (non-hydrogen) atoms. The van der Waals surface area contributed by atoms with E-state index in [0.29, 0.717) is 0 Å². The van der Waals surface area contributed by atoms with Gasteiger partial charge in [0.25, 0.3) is 5.91 Å². The van der Waals surface area contributed by atoms with Crippen LogP contribution < -0.4 is 0 Å². The quantitative estimate of drug-likeness (QED) is 0.580. The van der Waals surface area contributed by atoms with Crippen LogP contribution in [0.2, 0.25) is 0 Å². The fraction of sp³-hybridized carbons (Fsp3) is 0.727. The monoisotopic (exact) mass is 195 g/mol. The van der Waals surface area contributed by atoms with E-state index in [1.165, 1.54) is 6.42 Å². The molecular weight excluding hydrogens is 178 g/mol. The van der Waals surface area contributed by atoms with Crippen molar-refractivity contribution in [1.29, 1.82) is 0 Å². The van der Waals surface area contributed by atoms with Crippen LogP contribution in [0.4, 0.5) is 0 Å². The fourth-order valence-corrected chi connectivity index (χ4v) is 1.38. The third kappa shape index (κ3) is 3.80. The average Bonchev–Trinajstić information content (AvgIpc) is 2.14. The molecular formula is C11H17NO2. The summed E-state index contributed by atoms with van der Waals surface area (Å²) in [6.45, 7) is 4.76. The van der Waals surface area contributed by atoms with E-state index in [-0.39, 0.29) is 5.91 Å². The maximum absolute atomic E-state index is 11.5.